The van der Waals surface area contributed by atoms with Gasteiger partial charge in [0.1, 0.15) is 0 Å². The summed E-state index contributed by atoms with van der Waals surface area (Å²) in [5.74, 6) is -0.0453. The van der Waals surface area contributed by atoms with Gasteiger partial charge in [-0.05, 0) is 43.4 Å². The minimum absolute atomic E-state index is 0.0434. The second kappa shape index (κ2) is 6.19. The maximum atomic E-state index is 12.5. The van der Waals surface area contributed by atoms with Gasteiger partial charge in [-0.2, -0.15) is 0 Å². The number of halogens is 1. The van der Waals surface area contributed by atoms with Crippen molar-refractivity contribution in [2.45, 2.75) is 43.1 Å². The monoisotopic (exact) mass is 322 g/mol. The summed E-state index contributed by atoms with van der Waals surface area (Å²) in [6.45, 7) is 1.77. The SMILES string of the molecule is NC1(C(=O)NCC2(c3ccc(Cl)cc3)CCC2)CCOCC1. The zero-order valence-corrected chi connectivity index (χ0v) is 13.5. The minimum atomic E-state index is -0.775. The highest BCUT2D eigenvalue weighted by Crippen LogP contribution is 2.43. The fraction of sp³-hybridized carbons (Fsp3) is 0.588. The number of nitrogens with two attached hydrogens (primary N) is 1. The van der Waals surface area contributed by atoms with Gasteiger partial charge in [-0.3, -0.25) is 4.79 Å². The van der Waals surface area contributed by atoms with E-state index in [1.165, 1.54) is 12.0 Å². The predicted molar refractivity (Wildman–Crippen MR) is 87.0 cm³/mol. The lowest BCUT2D eigenvalue weighted by atomic mass is 9.64. The minimum Gasteiger partial charge on any atom is -0.381 e. The Bertz CT molecular complexity index is 534. The highest BCUT2D eigenvalue weighted by atomic mass is 35.5. The van der Waals surface area contributed by atoms with Crippen molar-refractivity contribution in [3.05, 3.63) is 34.9 Å². The topological polar surface area (TPSA) is 64.4 Å². The summed E-state index contributed by atoms with van der Waals surface area (Å²) in [6, 6.07) is 7.98. The van der Waals surface area contributed by atoms with Gasteiger partial charge in [0.2, 0.25) is 5.91 Å². The molecular formula is C17H23ClN2O2. The number of hydrogen-bond donors (Lipinski definition) is 2. The lowest BCUT2D eigenvalue weighted by Crippen LogP contribution is -2.59. The maximum Gasteiger partial charge on any atom is 0.240 e. The third-order valence-electron chi connectivity index (χ3n) is 5.19. The molecule has 1 aliphatic carbocycles. The molecule has 22 heavy (non-hydrogen) atoms. The maximum absolute atomic E-state index is 12.5. The molecule has 1 saturated heterocycles. The number of ether oxygens (including phenoxy) is 1. The van der Waals surface area contributed by atoms with Crippen molar-refractivity contribution in [3.8, 4) is 0 Å². The molecule has 0 atom stereocenters. The molecular weight excluding hydrogens is 300 g/mol. The molecule has 0 spiro atoms. The van der Waals surface area contributed by atoms with E-state index in [-0.39, 0.29) is 11.3 Å². The molecule has 1 aromatic carbocycles. The first-order valence-corrected chi connectivity index (χ1v) is 8.33. The Morgan fingerprint density at radius 3 is 2.36 bits per heavy atom. The first-order chi connectivity index (χ1) is 10.5. The molecule has 1 saturated carbocycles. The molecule has 5 heteroatoms. The van der Waals surface area contributed by atoms with Crippen molar-refractivity contribution in [2.24, 2.45) is 5.73 Å². The quantitative estimate of drug-likeness (QED) is 0.894. The standard InChI is InChI=1S/C17H23ClN2O2/c18-14-4-2-13(3-5-14)16(6-1-7-16)12-20-15(21)17(19)8-10-22-11-9-17/h2-5H,1,6-12,19H2,(H,20,21). The fourth-order valence-corrected chi connectivity index (χ4v) is 3.49. The highest BCUT2D eigenvalue weighted by molar-refractivity contribution is 6.30. The smallest absolute Gasteiger partial charge is 0.240 e. The molecule has 2 fully saturated rings. The van der Waals surface area contributed by atoms with Crippen LogP contribution in [0.4, 0.5) is 0 Å². The van der Waals surface area contributed by atoms with Crippen molar-refractivity contribution in [1.29, 1.82) is 0 Å². The number of nitrogens with one attached hydrogen (secondary N) is 1. The lowest BCUT2D eigenvalue weighted by molar-refractivity contribution is -0.130. The summed E-state index contributed by atoms with van der Waals surface area (Å²) in [5, 5.41) is 3.84. The van der Waals surface area contributed by atoms with E-state index in [9.17, 15) is 4.79 Å². The molecule has 0 unspecified atom stereocenters. The number of hydrogen-bond acceptors (Lipinski definition) is 3. The summed E-state index contributed by atoms with van der Waals surface area (Å²) in [7, 11) is 0. The normalized spacial score (nSPS) is 22.6. The molecule has 4 nitrogen and oxygen atoms in total. The molecule has 0 aromatic heterocycles. The van der Waals surface area contributed by atoms with Gasteiger partial charge in [0.25, 0.3) is 0 Å². The Morgan fingerprint density at radius 1 is 1.18 bits per heavy atom. The van der Waals surface area contributed by atoms with Gasteiger partial charge in [0.05, 0.1) is 5.54 Å². The molecule has 1 aromatic rings. The van der Waals surface area contributed by atoms with Gasteiger partial charge in [0.15, 0.2) is 0 Å². The number of rotatable bonds is 4. The highest BCUT2D eigenvalue weighted by Gasteiger charge is 2.41. The Hall–Kier alpha value is -1.10. The van der Waals surface area contributed by atoms with E-state index in [2.05, 4.69) is 17.4 Å². The van der Waals surface area contributed by atoms with E-state index in [1.54, 1.807) is 0 Å². The summed E-state index contributed by atoms with van der Waals surface area (Å²) in [5.41, 5.74) is 6.76. The van der Waals surface area contributed by atoms with E-state index < -0.39 is 5.54 Å². The van der Waals surface area contributed by atoms with Crippen LogP contribution >= 0.6 is 11.6 Å². The summed E-state index contributed by atoms with van der Waals surface area (Å²) >= 11 is 5.97. The number of benzene rings is 1. The van der Waals surface area contributed by atoms with Gasteiger partial charge < -0.3 is 15.8 Å². The number of amides is 1. The zero-order chi connectivity index (χ0) is 15.6. The molecule has 1 amide bonds. The lowest BCUT2D eigenvalue weighted by Gasteiger charge is -2.43. The molecule has 3 rings (SSSR count). The van der Waals surface area contributed by atoms with E-state index in [1.807, 2.05) is 12.1 Å². The van der Waals surface area contributed by atoms with Crippen molar-refractivity contribution in [2.75, 3.05) is 19.8 Å². The van der Waals surface area contributed by atoms with E-state index in [0.29, 0.717) is 32.6 Å². The van der Waals surface area contributed by atoms with Crippen LogP contribution in [0.25, 0.3) is 0 Å². The van der Waals surface area contributed by atoms with Crippen molar-refractivity contribution >= 4 is 17.5 Å². The van der Waals surface area contributed by atoms with Gasteiger partial charge in [-0.1, -0.05) is 30.2 Å². The predicted octanol–water partition coefficient (Wildman–Crippen LogP) is 2.39. The first kappa shape index (κ1) is 15.8. The second-order valence-electron chi connectivity index (χ2n) is 6.59. The molecule has 1 heterocycles. The average molecular weight is 323 g/mol. The van der Waals surface area contributed by atoms with Crippen LogP contribution in [0.1, 0.15) is 37.7 Å². The van der Waals surface area contributed by atoms with Crippen LogP contribution in [0.3, 0.4) is 0 Å². The Balaban J connectivity index is 1.66. The third kappa shape index (κ3) is 3.00. The van der Waals surface area contributed by atoms with Gasteiger partial charge in [0, 0.05) is 30.2 Å². The Kier molecular flexibility index (Phi) is 4.44. The Labute approximate surface area is 136 Å². The van der Waals surface area contributed by atoms with Crippen LogP contribution < -0.4 is 11.1 Å². The molecule has 0 bridgehead atoms. The molecule has 1 aliphatic heterocycles. The first-order valence-electron chi connectivity index (χ1n) is 7.95. The molecule has 3 N–H and O–H groups in total. The van der Waals surface area contributed by atoms with Crippen LogP contribution in [0, 0.1) is 0 Å². The van der Waals surface area contributed by atoms with Crippen LogP contribution in [0.5, 0.6) is 0 Å². The number of carbonyl (C=O) groups is 1. The molecule has 2 aliphatic rings. The summed E-state index contributed by atoms with van der Waals surface area (Å²) < 4.78 is 5.30. The molecule has 120 valence electrons. The van der Waals surface area contributed by atoms with Gasteiger partial charge in [-0.15, -0.1) is 0 Å². The van der Waals surface area contributed by atoms with Crippen LogP contribution in [0.15, 0.2) is 24.3 Å². The van der Waals surface area contributed by atoms with Crippen LogP contribution in [0.2, 0.25) is 5.02 Å². The second-order valence-corrected chi connectivity index (χ2v) is 7.03. The van der Waals surface area contributed by atoms with Crippen LogP contribution in [-0.4, -0.2) is 31.2 Å². The average Bonchev–Trinajstić information content (AvgIpc) is 2.48. The van der Waals surface area contributed by atoms with Crippen molar-refractivity contribution < 1.29 is 9.53 Å². The summed E-state index contributed by atoms with van der Waals surface area (Å²) in [6.07, 6.45) is 4.56. The number of carbonyl (C=O) groups excluding carboxylic acids is 1. The van der Waals surface area contributed by atoms with Gasteiger partial charge >= 0.3 is 0 Å². The summed E-state index contributed by atoms with van der Waals surface area (Å²) in [4.78, 5) is 12.5. The van der Waals surface area contributed by atoms with E-state index in [0.717, 1.165) is 17.9 Å². The van der Waals surface area contributed by atoms with Crippen molar-refractivity contribution in [1.82, 2.24) is 5.32 Å². The fourth-order valence-electron chi connectivity index (χ4n) is 3.36. The van der Waals surface area contributed by atoms with Crippen molar-refractivity contribution in [3.63, 3.8) is 0 Å². The third-order valence-corrected chi connectivity index (χ3v) is 5.44. The van der Waals surface area contributed by atoms with Crippen LogP contribution in [-0.2, 0) is 14.9 Å². The van der Waals surface area contributed by atoms with E-state index >= 15 is 0 Å². The largest absolute Gasteiger partial charge is 0.381 e. The van der Waals surface area contributed by atoms with E-state index in [4.69, 9.17) is 22.1 Å². The molecule has 0 radical (unpaired) electrons. The Morgan fingerprint density at radius 2 is 1.82 bits per heavy atom. The zero-order valence-electron chi connectivity index (χ0n) is 12.7. The van der Waals surface area contributed by atoms with Gasteiger partial charge in [-0.25, -0.2) is 0 Å².